The van der Waals surface area contributed by atoms with Crippen molar-refractivity contribution in [1.29, 1.82) is 0 Å². The highest BCUT2D eigenvalue weighted by atomic mass is 16.6. The number of para-hydroxylation sites is 1. The first-order valence-electron chi connectivity index (χ1n) is 6.64. The van der Waals surface area contributed by atoms with Gasteiger partial charge in [-0.15, -0.1) is 0 Å². The Labute approximate surface area is 117 Å². The highest BCUT2D eigenvalue weighted by Gasteiger charge is 2.06. The highest BCUT2D eigenvalue weighted by Crippen LogP contribution is 2.17. The molecule has 102 valence electrons. The molecule has 0 amide bonds. The molecular weight excluding hydrogens is 250 g/mol. The summed E-state index contributed by atoms with van der Waals surface area (Å²) < 4.78 is 1.89. The molecule has 0 aliphatic rings. The van der Waals surface area contributed by atoms with Gasteiger partial charge in [0.1, 0.15) is 0 Å². The predicted octanol–water partition coefficient (Wildman–Crippen LogP) is 2.79. The van der Waals surface area contributed by atoms with Crippen LogP contribution in [0.2, 0.25) is 0 Å². The van der Waals surface area contributed by atoms with Gasteiger partial charge in [-0.25, -0.2) is 0 Å². The van der Waals surface area contributed by atoms with Crippen LogP contribution < -0.4 is 5.48 Å². The lowest BCUT2D eigenvalue weighted by atomic mass is 10.2. The Hall–Kier alpha value is -2.17. The molecule has 0 saturated carbocycles. The maximum Gasteiger partial charge on any atom is 0.0933 e. The number of hydroxylamine groups is 1. The van der Waals surface area contributed by atoms with Crippen LogP contribution in [0.3, 0.4) is 0 Å². The van der Waals surface area contributed by atoms with Gasteiger partial charge in [-0.05, 0) is 11.6 Å². The van der Waals surface area contributed by atoms with Gasteiger partial charge in [0.05, 0.1) is 24.4 Å². The second-order valence-corrected chi connectivity index (χ2v) is 4.68. The third kappa shape index (κ3) is 2.71. The van der Waals surface area contributed by atoms with Crippen molar-refractivity contribution in [3.05, 3.63) is 65.9 Å². The summed E-state index contributed by atoms with van der Waals surface area (Å²) in [5, 5.41) is 5.67. The Bertz CT molecular complexity index is 691. The molecule has 4 nitrogen and oxygen atoms in total. The molecule has 20 heavy (non-hydrogen) atoms. The highest BCUT2D eigenvalue weighted by molar-refractivity contribution is 5.81. The Morgan fingerprint density at radius 1 is 1.05 bits per heavy atom. The summed E-state index contributed by atoms with van der Waals surface area (Å²) >= 11 is 0. The van der Waals surface area contributed by atoms with Gasteiger partial charge in [0, 0.05) is 12.4 Å². The van der Waals surface area contributed by atoms with E-state index in [9.17, 15) is 0 Å². The molecule has 0 fully saturated rings. The summed E-state index contributed by atoms with van der Waals surface area (Å²) in [6.07, 6.45) is 0. The summed E-state index contributed by atoms with van der Waals surface area (Å²) in [6, 6.07) is 18.3. The number of benzene rings is 2. The van der Waals surface area contributed by atoms with E-state index in [4.69, 9.17) is 4.84 Å². The number of fused-ring (bicyclic) bond motifs is 1. The molecule has 1 heterocycles. The molecule has 3 rings (SSSR count). The number of aromatic nitrogens is 2. The van der Waals surface area contributed by atoms with E-state index >= 15 is 0 Å². The van der Waals surface area contributed by atoms with Crippen LogP contribution in [0, 0.1) is 0 Å². The van der Waals surface area contributed by atoms with E-state index in [1.54, 1.807) is 0 Å². The summed E-state index contributed by atoms with van der Waals surface area (Å²) in [5.74, 6) is 0. The normalized spacial score (nSPS) is 11.1. The van der Waals surface area contributed by atoms with Crippen LogP contribution in [0.1, 0.15) is 11.3 Å². The van der Waals surface area contributed by atoms with Crippen molar-refractivity contribution in [1.82, 2.24) is 15.3 Å². The van der Waals surface area contributed by atoms with Gasteiger partial charge >= 0.3 is 0 Å². The van der Waals surface area contributed by atoms with Crippen molar-refractivity contribution >= 4 is 10.9 Å². The lowest BCUT2D eigenvalue weighted by Crippen LogP contribution is -2.14. The molecule has 0 bridgehead atoms. The summed E-state index contributed by atoms with van der Waals surface area (Å²) in [4.78, 5) is 5.48. The van der Waals surface area contributed by atoms with Crippen LogP contribution in [0.5, 0.6) is 0 Å². The van der Waals surface area contributed by atoms with Crippen LogP contribution in [0.25, 0.3) is 10.9 Å². The maximum absolute atomic E-state index is 5.48. The first kappa shape index (κ1) is 12.8. The summed E-state index contributed by atoms with van der Waals surface area (Å²) in [7, 11) is 1.96. The van der Waals surface area contributed by atoms with Crippen LogP contribution in [-0.4, -0.2) is 9.78 Å². The van der Waals surface area contributed by atoms with E-state index in [1.807, 2.05) is 54.2 Å². The average Bonchev–Trinajstić information content (AvgIpc) is 2.82. The van der Waals surface area contributed by atoms with E-state index in [1.165, 1.54) is 0 Å². The molecule has 3 aromatic rings. The minimum atomic E-state index is 0.547. The number of rotatable bonds is 5. The monoisotopic (exact) mass is 267 g/mol. The Morgan fingerprint density at radius 2 is 1.80 bits per heavy atom. The van der Waals surface area contributed by atoms with Gasteiger partial charge in [0.2, 0.25) is 0 Å². The maximum atomic E-state index is 5.48. The Morgan fingerprint density at radius 3 is 2.65 bits per heavy atom. The molecular formula is C16H17N3O. The molecule has 0 radical (unpaired) electrons. The van der Waals surface area contributed by atoms with Gasteiger partial charge in [0.25, 0.3) is 0 Å². The number of hydrogen-bond donors (Lipinski definition) is 1. The van der Waals surface area contributed by atoms with Crippen molar-refractivity contribution in [2.24, 2.45) is 7.05 Å². The molecule has 0 aliphatic heterocycles. The summed E-state index contributed by atoms with van der Waals surface area (Å²) in [6.45, 7) is 1.14. The van der Waals surface area contributed by atoms with Crippen molar-refractivity contribution in [3.8, 4) is 0 Å². The molecule has 1 aromatic heterocycles. The topological polar surface area (TPSA) is 39.1 Å². The van der Waals surface area contributed by atoms with Gasteiger partial charge < -0.3 is 0 Å². The second-order valence-electron chi connectivity index (χ2n) is 4.68. The minimum Gasteiger partial charge on any atom is -0.297 e. The standard InChI is InChI=1S/C16H17N3O/c1-19-16-10-6-5-9-14(16)15(18-19)11-17-20-12-13-7-3-2-4-8-13/h2-10,17H,11-12H2,1H3. The zero-order valence-electron chi connectivity index (χ0n) is 11.4. The van der Waals surface area contributed by atoms with Gasteiger partial charge in [-0.1, -0.05) is 48.5 Å². The molecule has 1 N–H and O–H groups in total. The van der Waals surface area contributed by atoms with E-state index in [2.05, 4.69) is 22.7 Å². The Kier molecular flexibility index (Phi) is 3.76. The van der Waals surface area contributed by atoms with E-state index in [-0.39, 0.29) is 0 Å². The fourth-order valence-corrected chi connectivity index (χ4v) is 2.25. The number of aryl methyl sites for hydroxylation is 1. The predicted molar refractivity (Wildman–Crippen MR) is 78.8 cm³/mol. The minimum absolute atomic E-state index is 0.547. The molecule has 0 aliphatic carbocycles. The fraction of sp³-hybridized carbons (Fsp3) is 0.188. The zero-order chi connectivity index (χ0) is 13.8. The van der Waals surface area contributed by atoms with Crippen molar-refractivity contribution in [3.63, 3.8) is 0 Å². The van der Waals surface area contributed by atoms with E-state index in [0.717, 1.165) is 22.2 Å². The lowest BCUT2D eigenvalue weighted by molar-refractivity contribution is 0.0230. The number of nitrogens with zero attached hydrogens (tertiary/aromatic N) is 2. The third-order valence-corrected chi connectivity index (χ3v) is 3.26. The van der Waals surface area contributed by atoms with Gasteiger partial charge in [-0.2, -0.15) is 10.6 Å². The SMILES string of the molecule is Cn1nc(CNOCc2ccccc2)c2ccccc21. The smallest absolute Gasteiger partial charge is 0.0933 e. The number of hydrogen-bond acceptors (Lipinski definition) is 3. The van der Waals surface area contributed by atoms with Crippen molar-refractivity contribution < 1.29 is 4.84 Å². The van der Waals surface area contributed by atoms with Gasteiger partial charge in [0.15, 0.2) is 0 Å². The molecule has 4 heteroatoms. The first-order valence-corrected chi connectivity index (χ1v) is 6.64. The molecule has 0 unspecified atom stereocenters. The van der Waals surface area contributed by atoms with Crippen molar-refractivity contribution in [2.45, 2.75) is 13.2 Å². The van der Waals surface area contributed by atoms with Gasteiger partial charge in [-0.3, -0.25) is 9.52 Å². The number of nitrogens with one attached hydrogen (secondary N) is 1. The van der Waals surface area contributed by atoms with E-state index in [0.29, 0.717) is 13.2 Å². The molecule has 0 spiro atoms. The molecule has 2 aromatic carbocycles. The third-order valence-electron chi connectivity index (χ3n) is 3.26. The largest absolute Gasteiger partial charge is 0.297 e. The van der Waals surface area contributed by atoms with Crippen molar-refractivity contribution in [2.75, 3.05) is 0 Å². The van der Waals surface area contributed by atoms with Crippen LogP contribution in [-0.2, 0) is 25.0 Å². The quantitative estimate of drug-likeness (QED) is 0.570. The van der Waals surface area contributed by atoms with Crippen LogP contribution in [0.15, 0.2) is 54.6 Å². The average molecular weight is 267 g/mol. The summed E-state index contributed by atoms with van der Waals surface area (Å²) in [5.41, 5.74) is 6.25. The van der Waals surface area contributed by atoms with E-state index < -0.39 is 0 Å². The lowest BCUT2D eigenvalue weighted by Gasteiger charge is -2.04. The second kappa shape index (κ2) is 5.86. The first-order chi connectivity index (χ1) is 9.84. The zero-order valence-corrected chi connectivity index (χ0v) is 11.4. The molecule has 0 atom stereocenters. The van der Waals surface area contributed by atoms with Crippen LogP contribution in [0.4, 0.5) is 0 Å². The Balaban J connectivity index is 1.60. The molecule has 0 saturated heterocycles. The fourth-order valence-electron chi connectivity index (χ4n) is 2.25. The van der Waals surface area contributed by atoms with Crippen LogP contribution >= 0.6 is 0 Å².